The van der Waals surface area contributed by atoms with Crippen molar-refractivity contribution in [1.29, 1.82) is 0 Å². The summed E-state index contributed by atoms with van der Waals surface area (Å²) in [6.45, 7) is 4.17. The topological polar surface area (TPSA) is 32.3 Å². The van der Waals surface area contributed by atoms with Gasteiger partial charge in [-0.25, -0.2) is 0 Å². The minimum atomic E-state index is -0.0919. The molecule has 1 aliphatic heterocycles. The maximum Gasteiger partial charge on any atom is 0.241 e. The first kappa shape index (κ1) is 16.7. The third-order valence-electron chi connectivity index (χ3n) is 3.98. The van der Waals surface area contributed by atoms with Gasteiger partial charge in [-0.05, 0) is 49.5 Å². The Kier molecular flexibility index (Phi) is 5.97. The molecule has 1 aromatic rings. The van der Waals surface area contributed by atoms with Crippen LogP contribution in [0.2, 0.25) is 5.02 Å². The molecule has 0 aromatic heterocycles. The van der Waals surface area contributed by atoms with Crippen molar-refractivity contribution in [3.8, 4) is 0 Å². The van der Waals surface area contributed by atoms with Crippen LogP contribution in [0, 0.1) is 0 Å². The SMILES string of the molecule is CCC1NC(c2cccc(Cl)c2)N(C(C)CCSC)C1=O. The fourth-order valence-corrected chi connectivity index (χ4v) is 3.55. The maximum absolute atomic E-state index is 12.6. The van der Waals surface area contributed by atoms with Crippen molar-refractivity contribution < 1.29 is 4.79 Å². The molecule has 5 heteroatoms. The molecular formula is C16H23ClN2OS. The first-order chi connectivity index (χ1) is 10.1. The monoisotopic (exact) mass is 326 g/mol. The number of carbonyl (C=O) groups excluding carboxylic acids is 1. The molecule has 0 saturated carbocycles. The molecule has 3 unspecified atom stereocenters. The summed E-state index contributed by atoms with van der Waals surface area (Å²) in [5.41, 5.74) is 1.06. The number of nitrogens with one attached hydrogen (secondary N) is 1. The second-order valence-corrected chi connectivity index (χ2v) is 6.88. The summed E-state index contributed by atoms with van der Waals surface area (Å²) in [4.78, 5) is 14.6. The van der Waals surface area contributed by atoms with Crippen molar-refractivity contribution in [2.45, 2.75) is 44.9 Å². The lowest BCUT2D eigenvalue weighted by molar-refractivity contribution is -0.132. The van der Waals surface area contributed by atoms with E-state index in [4.69, 9.17) is 11.6 Å². The Morgan fingerprint density at radius 3 is 2.86 bits per heavy atom. The summed E-state index contributed by atoms with van der Waals surface area (Å²) in [6.07, 6.45) is 3.84. The molecule has 2 rings (SSSR count). The fourth-order valence-electron chi connectivity index (χ4n) is 2.77. The van der Waals surface area contributed by atoms with E-state index in [2.05, 4.69) is 18.5 Å². The number of nitrogens with zero attached hydrogens (tertiary/aromatic N) is 1. The number of rotatable bonds is 6. The lowest BCUT2D eigenvalue weighted by Gasteiger charge is -2.30. The van der Waals surface area contributed by atoms with Gasteiger partial charge < -0.3 is 4.90 Å². The predicted octanol–water partition coefficient (Wildman–Crippen LogP) is 3.69. The van der Waals surface area contributed by atoms with Crippen LogP contribution in [-0.2, 0) is 4.79 Å². The minimum Gasteiger partial charge on any atom is -0.319 e. The van der Waals surface area contributed by atoms with Crippen molar-refractivity contribution in [3.05, 3.63) is 34.9 Å². The molecule has 21 heavy (non-hydrogen) atoms. The van der Waals surface area contributed by atoms with Gasteiger partial charge >= 0.3 is 0 Å². The van der Waals surface area contributed by atoms with Crippen molar-refractivity contribution in [2.24, 2.45) is 0 Å². The molecule has 3 nitrogen and oxygen atoms in total. The normalized spacial score (nSPS) is 23.6. The van der Waals surface area contributed by atoms with Crippen molar-refractivity contribution in [1.82, 2.24) is 10.2 Å². The Morgan fingerprint density at radius 2 is 2.24 bits per heavy atom. The van der Waals surface area contributed by atoms with Crippen LogP contribution in [-0.4, -0.2) is 34.9 Å². The van der Waals surface area contributed by atoms with E-state index < -0.39 is 0 Å². The Balaban J connectivity index is 2.26. The summed E-state index contributed by atoms with van der Waals surface area (Å²) in [6, 6.07) is 7.90. The number of amides is 1. The lowest BCUT2D eigenvalue weighted by atomic mass is 10.1. The predicted molar refractivity (Wildman–Crippen MR) is 90.7 cm³/mol. The summed E-state index contributed by atoms with van der Waals surface area (Å²) >= 11 is 7.92. The Morgan fingerprint density at radius 1 is 1.48 bits per heavy atom. The molecule has 0 radical (unpaired) electrons. The standard InChI is InChI=1S/C16H23ClN2OS/c1-4-14-16(20)19(11(2)8-9-21-3)15(18-14)12-6-5-7-13(17)10-12/h5-7,10-11,14-15,18H,4,8-9H2,1-3H3. The van der Waals surface area contributed by atoms with Crippen molar-refractivity contribution in [3.63, 3.8) is 0 Å². The van der Waals surface area contributed by atoms with E-state index in [1.807, 2.05) is 47.9 Å². The molecular weight excluding hydrogens is 304 g/mol. The molecule has 0 spiro atoms. The average Bonchev–Trinajstić information content (AvgIpc) is 2.81. The molecule has 1 N–H and O–H groups in total. The summed E-state index contributed by atoms with van der Waals surface area (Å²) in [5, 5.41) is 4.16. The molecule has 3 atom stereocenters. The van der Waals surface area contributed by atoms with E-state index in [1.54, 1.807) is 0 Å². The number of benzene rings is 1. The van der Waals surface area contributed by atoms with Crippen LogP contribution in [0.15, 0.2) is 24.3 Å². The van der Waals surface area contributed by atoms with Crippen molar-refractivity contribution >= 4 is 29.3 Å². The molecule has 0 aliphatic carbocycles. The van der Waals surface area contributed by atoms with Crippen LogP contribution in [0.25, 0.3) is 0 Å². The third-order valence-corrected chi connectivity index (χ3v) is 4.86. The van der Waals surface area contributed by atoms with Gasteiger partial charge in [0.1, 0.15) is 6.17 Å². The van der Waals surface area contributed by atoms with E-state index in [0.29, 0.717) is 5.02 Å². The van der Waals surface area contributed by atoms with E-state index in [0.717, 1.165) is 24.2 Å². The molecule has 1 aromatic carbocycles. The smallest absolute Gasteiger partial charge is 0.241 e. The Labute approximate surface area is 136 Å². The van der Waals surface area contributed by atoms with Gasteiger partial charge in [-0.1, -0.05) is 30.7 Å². The zero-order valence-corrected chi connectivity index (χ0v) is 14.4. The quantitative estimate of drug-likeness (QED) is 0.865. The molecule has 116 valence electrons. The van der Waals surface area contributed by atoms with Gasteiger partial charge in [0.05, 0.1) is 6.04 Å². The van der Waals surface area contributed by atoms with E-state index in [-0.39, 0.29) is 24.2 Å². The van der Waals surface area contributed by atoms with Crippen LogP contribution >= 0.6 is 23.4 Å². The number of carbonyl (C=O) groups is 1. The van der Waals surface area contributed by atoms with Gasteiger partial charge in [0.15, 0.2) is 0 Å². The lowest BCUT2D eigenvalue weighted by Crippen LogP contribution is -2.38. The minimum absolute atomic E-state index is 0.0713. The highest BCUT2D eigenvalue weighted by molar-refractivity contribution is 7.98. The number of hydrogen-bond donors (Lipinski definition) is 1. The van der Waals surface area contributed by atoms with Crippen LogP contribution in [0.3, 0.4) is 0 Å². The van der Waals surface area contributed by atoms with Gasteiger partial charge in [0, 0.05) is 11.1 Å². The fraction of sp³-hybridized carbons (Fsp3) is 0.562. The third kappa shape index (κ3) is 3.74. The summed E-state index contributed by atoms with van der Waals surface area (Å²) in [7, 11) is 0. The zero-order chi connectivity index (χ0) is 15.4. The maximum atomic E-state index is 12.6. The van der Waals surface area contributed by atoms with E-state index in [1.165, 1.54) is 0 Å². The molecule has 1 aliphatic rings. The highest BCUT2D eigenvalue weighted by Gasteiger charge is 2.40. The first-order valence-corrected chi connectivity index (χ1v) is 9.18. The average molecular weight is 327 g/mol. The second-order valence-electron chi connectivity index (χ2n) is 5.46. The first-order valence-electron chi connectivity index (χ1n) is 7.41. The van der Waals surface area contributed by atoms with Gasteiger partial charge in [-0.3, -0.25) is 10.1 Å². The molecule has 1 heterocycles. The molecule has 1 amide bonds. The summed E-state index contributed by atoms with van der Waals surface area (Å²) in [5.74, 6) is 1.26. The van der Waals surface area contributed by atoms with Crippen LogP contribution in [0.1, 0.15) is 38.4 Å². The zero-order valence-electron chi connectivity index (χ0n) is 12.8. The second kappa shape index (κ2) is 7.52. The van der Waals surface area contributed by atoms with Crippen molar-refractivity contribution in [2.75, 3.05) is 12.0 Å². The summed E-state index contributed by atoms with van der Waals surface area (Å²) < 4.78 is 0. The Bertz CT molecular complexity index is 497. The Hall–Kier alpha value is -0.710. The molecule has 1 fully saturated rings. The number of hydrogen-bond acceptors (Lipinski definition) is 3. The highest BCUT2D eigenvalue weighted by Crippen LogP contribution is 2.31. The van der Waals surface area contributed by atoms with Gasteiger partial charge in [0.2, 0.25) is 5.91 Å². The van der Waals surface area contributed by atoms with Crippen LogP contribution < -0.4 is 5.32 Å². The van der Waals surface area contributed by atoms with E-state index >= 15 is 0 Å². The number of halogens is 1. The van der Waals surface area contributed by atoms with Gasteiger partial charge in [-0.15, -0.1) is 0 Å². The van der Waals surface area contributed by atoms with Crippen LogP contribution in [0.4, 0.5) is 0 Å². The number of thioether (sulfide) groups is 1. The van der Waals surface area contributed by atoms with E-state index in [9.17, 15) is 4.79 Å². The van der Waals surface area contributed by atoms with Crippen LogP contribution in [0.5, 0.6) is 0 Å². The largest absolute Gasteiger partial charge is 0.319 e. The van der Waals surface area contributed by atoms with Gasteiger partial charge in [0.25, 0.3) is 0 Å². The highest BCUT2D eigenvalue weighted by atomic mass is 35.5. The molecule has 0 bridgehead atoms. The van der Waals surface area contributed by atoms with Gasteiger partial charge in [-0.2, -0.15) is 11.8 Å². The molecule has 1 saturated heterocycles.